The van der Waals surface area contributed by atoms with Gasteiger partial charge >= 0.3 is 0 Å². The minimum absolute atomic E-state index is 0.308. The van der Waals surface area contributed by atoms with Gasteiger partial charge in [-0.15, -0.1) is 11.3 Å². The second kappa shape index (κ2) is 9.57. The van der Waals surface area contributed by atoms with Gasteiger partial charge in [-0.3, -0.25) is 10.1 Å². The van der Waals surface area contributed by atoms with Crippen LogP contribution in [0.3, 0.4) is 0 Å². The predicted octanol–water partition coefficient (Wildman–Crippen LogP) is 4.99. The molecule has 1 aromatic heterocycles. The number of thiazole rings is 1. The maximum absolute atomic E-state index is 12.9. The highest BCUT2D eigenvalue weighted by Crippen LogP contribution is 2.27. The summed E-state index contributed by atoms with van der Waals surface area (Å²) in [5.74, 6) is 2.32. The molecule has 5 nitrogen and oxygen atoms in total. The molecule has 28 heavy (non-hydrogen) atoms. The summed E-state index contributed by atoms with van der Waals surface area (Å²) in [6.07, 6.45) is 0. The number of amides is 1. The van der Waals surface area contributed by atoms with Gasteiger partial charge in [-0.25, -0.2) is 9.37 Å². The highest BCUT2D eigenvalue weighted by molar-refractivity contribution is 7.97. The molecule has 0 fully saturated rings. The molecule has 8 heteroatoms. The summed E-state index contributed by atoms with van der Waals surface area (Å²) in [7, 11) is 3.26. The molecule has 0 saturated heterocycles. The summed E-state index contributed by atoms with van der Waals surface area (Å²) in [6.45, 7) is 0. The van der Waals surface area contributed by atoms with Crippen molar-refractivity contribution >= 4 is 34.1 Å². The van der Waals surface area contributed by atoms with Gasteiger partial charge in [-0.05, 0) is 42.0 Å². The van der Waals surface area contributed by atoms with Crippen molar-refractivity contribution in [3.05, 3.63) is 70.5 Å². The summed E-state index contributed by atoms with van der Waals surface area (Å²) in [4.78, 5) is 16.6. The Morgan fingerprint density at radius 2 is 1.79 bits per heavy atom. The van der Waals surface area contributed by atoms with Gasteiger partial charge in [-0.2, -0.15) is 11.8 Å². The fourth-order valence-electron chi connectivity index (χ4n) is 2.42. The number of carbonyl (C=O) groups is 1. The van der Waals surface area contributed by atoms with E-state index in [0.717, 1.165) is 28.5 Å². The van der Waals surface area contributed by atoms with Crippen LogP contribution < -0.4 is 14.8 Å². The van der Waals surface area contributed by atoms with E-state index in [9.17, 15) is 9.18 Å². The number of aromatic nitrogens is 1. The fraction of sp³-hybridized carbons (Fsp3) is 0.200. The molecule has 0 atom stereocenters. The van der Waals surface area contributed by atoms with E-state index in [1.54, 1.807) is 26.0 Å². The van der Waals surface area contributed by atoms with E-state index in [4.69, 9.17) is 9.47 Å². The Balaban J connectivity index is 1.53. The zero-order chi connectivity index (χ0) is 19.9. The van der Waals surface area contributed by atoms with Gasteiger partial charge in [0.15, 0.2) is 5.13 Å². The van der Waals surface area contributed by atoms with Crippen LogP contribution in [0.2, 0.25) is 0 Å². The van der Waals surface area contributed by atoms with Crippen LogP contribution in [0.5, 0.6) is 11.5 Å². The van der Waals surface area contributed by atoms with Gasteiger partial charge < -0.3 is 9.47 Å². The van der Waals surface area contributed by atoms with E-state index >= 15 is 0 Å². The molecule has 0 bridgehead atoms. The number of anilines is 1. The highest BCUT2D eigenvalue weighted by atomic mass is 32.2. The van der Waals surface area contributed by atoms with Crippen LogP contribution in [0, 0.1) is 5.82 Å². The third kappa shape index (κ3) is 5.46. The SMILES string of the molecule is COc1cc(CSCc2csc(NC(=O)c3ccc(F)cc3)n2)cc(OC)c1. The van der Waals surface area contributed by atoms with E-state index in [0.29, 0.717) is 16.4 Å². The number of methoxy groups -OCH3 is 2. The molecule has 0 aliphatic carbocycles. The van der Waals surface area contributed by atoms with Crippen molar-refractivity contribution in [2.45, 2.75) is 11.5 Å². The minimum atomic E-state index is -0.376. The Kier molecular flexibility index (Phi) is 6.89. The lowest BCUT2D eigenvalue weighted by molar-refractivity contribution is 0.102. The maximum atomic E-state index is 12.9. The molecule has 0 aliphatic heterocycles. The topological polar surface area (TPSA) is 60.5 Å². The van der Waals surface area contributed by atoms with Gasteiger partial charge in [0.2, 0.25) is 0 Å². The number of carbonyl (C=O) groups excluding carboxylic acids is 1. The van der Waals surface area contributed by atoms with Crippen molar-refractivity contribution in [3.8, 4) is 11.5 Å². The number of nitrogens with zero attached hydrogens (tertiary/aromatic N) is 1. The number of halogens is 1. The lowest BCUT2D eigenvalue weighted by Crippen LogP contribution is -2.11. The quantitative estimate of drug-likeness (QED) is 0.559. The molecule has 2 aromatic carbocycles. The molecule has 1 heterocycles. The van der Waals surface area contributed by atoms with Gasteiger partial charge in [0.25, 0.3) is 5.91 Å². The van der Waals surface area contributed by atoms with Crippen LogP contribution in [0.25, 0.3) is 0 Å². The number of rotatable bonds is 8. The third-order valence-corrected chi connectivity index (χ3v) is 5.65. The first kappa shape index (κ1) is 20.2. The van der Waals surface area contributed by atoms with Crippen LogP contribution >= 0.6 is 23.1 Å². The van der Waals surface area contributed by atoms with E-state index in [1.165, 1.54) is 35.6 Å². The van der Waals surface area contributed by atoms with E-state index in [1.807, 2.05) is 23.6 Å². The monoisotopic (exact) mass is 418 g/mol. The Morgan fingerprint density at radius 1 is 1.11 bits per heavy atom. The zero-order valence-corrected chi connectivity index (χ0v) is 17.0. The number of nitrogens with one attached hydrogen (secondary N) is 1. The highest BCUT2D eigenvalue weighted by Gasteiger charge is 2.10. The van der Waals surface area contributed by atoms with Gasteiger partial charge in [0.05, 0.1) is 19.9 Å². The summed E-state index contributed by atoms with van der Waals surface area (Å²) in [5.41, 5.74) is 2.38. The van der Waals surface area contributed by atoms with Crippen molar-refractivity contribution in [3.63, 3.8) is 0 Å². The normalized spacial score (nSPS) is 10.5. The molecule has 0 spiro atoms. The molecule has 146 valence electrons. The maximum Gasteiger partial charge on any atom is 0.257 e. The van der Waals surface area contributed by atoms with Gasteiger partial charge in [0.1, 0.15) is 17.3 Å². The first-order chi connectivity index (χ1) is 13.6. The molecule has 1 N–H and O–H groups in total. The molecule has 3 rings (SSSR count). The number of thioether (sulfide) groups is 1. The molecule has 3 aromatic rings. The number of benzene rings is 2. The Hall–Kier alpha value is -2.58. The van der Waals surface area contributed by atoms with Crippen molar-refractivity contribution < 1.29 is 18.7 Å². The van der Waals surface area contributed by atoms with Crippen LogP contribution in [-0.4, -0.2) is 25.1 Å². The smallest absolute Gasteiger partial charge is 0.257 e. The molecule has 0 aliphatic rings. The molecule has 0 unspecified atom stereocenters. The van der Waals surface area contributed by atoms with Crippen molar-refractivity contribution in [1.82, 2.24) is 4.98 Å². The molecule has 0 radical (unpaired) electrons. The lowest BCUT2D eigenvalue weighted by Gasteiger charge is -2.08. The fourth-order valence-corrected chi connectivity index (χ4v) is 4.10. The Morgan fingerprint density at radius 3 is 2.43 bits per heavy atom. The van der Waals surface area contributed by atoms with Crippen LogP contribution in [0.1, 0.15) is 21.6 Å². The Labute approximate surface area is 170 Å². The van der Waals surface area contributed by atoms with Crippen molar-refractivity contribution in [2.75, 3.05) is 19.5 Å². The molecular formula is C20H19FN2O3S2. The van der Waals surface area contributed by atoms with E-state index in [-0.39, 0.29) is 11.7 Å². The molecular weight excluding hydrogens is 399 g/mol. The number of hydrogen-bond acceptors (Lipinski definition) is 6. The second-order valence-electron chi connectivity index (χ2n) is 5.82. The van der Waals surface area contributed by atoms with E-state index < -0.39 is 0 Å². The molecule has 1 amide bonds. The minimum Gasteiger partial charge on any atom is -0.497 e. The van der Waals surface area contributed by atoms with Crippen LogP contribution in [-0.2, 0) is 11.5 Å². The average molecular weight is 419 g/mol. The Bertz CT molecular complexity index is 923. The standard InChI is InChI=1S/C20H19FN2O3S2/c1-25-17-7-13(8-18(9-17)26-2)10-27-11-16-12-28-20(22-16)23-19(24)14-3-5-15(21)6-4-14/h3-9,12H,10-11H2,1-2H3,(H,22,23,24). The first-order valence-corrected chi connectivity index (χ1v) is 10.4. The number of hydrogen-bond donors (Lipinski definition) is 1. The lowest BCUT2D eigenvalue weighted by atomic mass is 10.2. The summed E-state index contributed by atoms with van der Waals surface area (Å²) >= 11 is 3.07. The summed E-state index contributed by atoms with van der Waals surface area (Å²) < 4.78 is 23.5. The summed E-state index contributed by atoms with van der Waals surface area (Å²) in [5, 5.41) is 5.18. The predicted molar refractivity (Wildman–Crippen MR) is 111 cm³/mol. The van der Waals surface area contributed by atoms with Crippen LogP contribution in [0.15, 0.2) is 47.8 Å². The van der Waals surface area contributed by atoms with Gasteiger partial charge in [0, 0.05) is 28.5 Å². The third-order valence-electron chi connectivity index (χ3n) is 3.81. The average Bonchev–Trinajstić information content (AvgIpc) is 3.15. The van der Waals surface area contributed by atoms with Crippen LogP contribution in [0.4, 0.5) is 9.52 Å². The first-order valence-electron chi connectivity index (χ1n) is 8.38. The second-order valence-corrected chi connectivity index (χ2v) is 7.66. The molecule has 0 saturated carbocycles. The number of ether oxygens (including phenoxy) is 2. The zero-order valence-electron chi connectivity index (χ0n) is 15.4. The summed E-state index contributed by atoms with van der Waals surface area (Å²) in [6, 6.07) is 11.2. The van der Waals surface area contributed by atoms with Gasteiger partial charge in [-0.1, -0.05) is 0 Å². The largest absolute Gasteiger partial charge is 0.497 e. The van der Waals surface area contributed by atoms with E-state index in [2.05, 4.69) is 10.3 Å². The van der Waals surface area contributed by atoms with Crippen molar-refractivity contribution in [1.29, 1.82) is 0 Å². The van der Waals surface area contributed by atoms with Crippen molar-refractivity contribution in [2.24, 2.45) is 0 Å².